The van der Waals surface area contributed by atoms with Crippen molar-refractivity contribution in [3.05, 3.63) is 48.1 Å². The summed E-state index contributed by atoms with van der Waals surface area (Å²) >= 11 is 0. The van der Waals surface area contributed by atoms with Crippen LogP contribution in [0.4, 0.5) is 8.78 Å². The highest BCUT2D eigenvalue weighted by atomic mass is 19.3. The zero-order valence-electron chi connectivity index (χ0n) is 11.9. The molecular formula is C16H22F2N2. The lowest BCUT2D eigenvalue weighted by molar-refractivity contribution is 0.187. The molecule has 0 aromatic rings. The van der Waals surface area contributed by atoms with E-state index in [4.69, 9.17) is 0 Å². The smallest absolute Gasteiger partial charge is 0.261 e. The van der Waals surface area contributed by atoms with Gasteiger partial charge in [-0.05, 0) is 31.9 Å². The minimum absolute atomic E-state index is 0.0396. The fraction of sp³-hybridized carbons (Fsp3) is 0.500. The van der Waals surface area contributed by atoms with Crippen molar-refractivity contribution in [1.29, 1.82) is 0 Å². The van der Waals surface area contributed by atoms with Crippen molar-refractivity contribution < 1.29 is 8.78 Å². The van der Waals surface area contributed by atoms with E-state index in [1.54, 1.807) is 4.90 Å². The Morgan fingerprint density at radius 3 is 2.75 bits per heavy atom. The minimum atomic E-state index is -2.44. The highest BCUT2D eigenvalue weighted by molar-refractivity contribution is 5.33. The number of allylic oxidation sites excluding steroid dienone is 4. The second-order valence-corrected chi connectivity index (χ2v) is 5.43. The lowest BCUT2D eigenvalue weighted by atomic mass is 9.95. The van der Waals surface area contributed by atoms with Crippen LogP contribution in [0.5, 0.6) is 0 Å². The number of alkyl halides is 2. The van der Waals surface area contributed by atoms with Crippen molar-refractivity contribution in [2.45, 2.75) is 51.5 Å². The third-order valence-electron chi connectivity index (χ3n) is 3.75. The predicted molar refractivity (Wildman–Crippen MR) is 78.0 cm³/mol. The average Bonchev–Trinajstić information content (AvgIpc) is 2.43. The van der Waals surface area contributed by atoms with Gasteiger partial charge >= 0.3 is 0 Å². The predicted octanol–water partition coefficient (Wildman–Crippen LogP) is 4.30. The van der Waals surface area contributed by atoms with Crippen LogP contribution in [0, 0.1) is 0 Å². The van der Waals surface area contributed by atoms with Gasteiger partial charge in [-0.15, -0.1) is 0 Å². The molecule has 1 aliphatic carbocycles. The van der Waals surface area contributed by atoms with E-state index < -0.39 is 6.43 Å². The molecule has 0 aromatic heterocycles. The molecule has 2 aliphatic rings. The molecular weight excluding hydrogens is 258 g/mol. The first-order valence-corrected chi connectivity index (χ1v) is 7.17. The molecule has 1 saturated carbocycles. The first-order valence-electron chi connectivity index (χ1n) is 7.17. The Bertz CT molecular complexity index is 443. The number of hydrogen-bond acceptors (Lipinski definition) is 2. The van der Waals surface area contributed by atoms with Crippen LogP contribution in [0.25, 0.3) is 0 Å². The lowest BCUT2D eigenvalue weighted by Crippen LogP contribution is -2.37. The standard InChI is InChI=1S/C16H22F2N2/c1-12(16(17)18)11-20-13(2)7-6-10-15(20)19-14-8-4-3-5-9-14/h6-7,10-11,14,16,19H,2-5,8-9H2,1H3/b12-11+. The van der Waals surface area contributed by atoms with Gasteiger partial charge < -0.3 is 10.2 Å². The molecule has 0 amide bonds. The summed E-state index contributed by atoms with van der Waals surface area (Å²) in [4.78, 5) is 1.72. The molecule has 1 N–H and O–H groups in total. The second-order valence-electron chi connectivity index (χ2n) is 5.43. The summed E-state index contributed by atoms with van der Waals surface area (Å²) in [7, 11) is 0. The maximum atomic E-state index is 12.7. The van der Waals surface area contributed by atoms with E-state index in [9.17, 15) is 8.78 Å². The van der Waals surface area contributed by atoms with Gasteiger partial charge in [0, 0.05) is 23.5 Å². The molecule has 0 unspecified atom stereocenters. The summed E-state index contributed by atoms with van der Waals surface area (Å²) in [6, 6.07) is 0.428. The van der Waals surface area contributed by atoms with Crippen LogP contribution in [-0.2, 0) is 0 Å². The van der Waals surface area contributed by atoms with Crippen LogP contribution in [0.2, 0.25) is 0 Å². The van der Waals surface area contributed by atoms with Gasteiger partial charge in [0.1, 0.15) is 5.82 Å². The Morgan fingerprint density at radius 1 is 1.40 bits per heavy atom. The summed E-state index contributed by atoms with van der Waals surface area (Å²) in [6.07, 6.45) is 10.7. The molecule has 2 rings (SSSR count). The highest BCUT2D eigenvalue weighted by Gasteiger charge is 2.19. The van der Waals surface area contributed by atoms with E-state index in [0.717, 1.165) is 18.7 Å². The summed E-state index contributed by atoms with van der Waals surface area (Å²) in [5.74, 6) is 0.837. The third-order valence-corrected chi connectivity index (χ3v) is 3.75. The van der Waals surface area contributed by atoms with Crippen LogP contribution < -0.4 is 5.32 Å². The zero-order valence-corrected chi connectivity index (χ0v) is 11.9. The van der Waals surface area contributed by atoms with E-state index in [1.807, 2.05) is 18.2 Å². The van der Waals surface area contributed by atoms with Crippen molar-refractivity contribution in [3.8, 4) is 0 Å². The van der Waals surface area contributed by atoms with Gasteiger partial charge in [-0.1, -0.05) is 31.9 Å². The summed E-state index contributed by atoms with van der Waals surface area (Å²) in [6.45, 7) is 5.36. The minimum Gasteiger partial charge on any atom is -0.368 e. The van der Waals surface area contributed by atoms with Gasteiger partial charge in [-0.3, -0.25) is 0 Å². The molecule has 20 heavy (non-hydrogen) atoms. The molecule has 0 spiro atoms. The Balaban J connectivity index is 2.11. The Kier molecular flexibility index (Phi) is 4.99. The Hall–Kier alpha value is -1.58. The second kappa shape index (κ2) is 6.73. The molecule has 1 heterocycles. The molecule has 0 radical (unpaired) electrons. The maximum absolute atomic E-state index is 12.7. The van der Waals surface area contributed by atoms with Gasteiger partial charge in [0.2, 0.25) is 0 Å². The SMILES string of the molecule is C=C1C=CC=C(NC2CCCCC2)N1/C=C(\C)C(F)F. The van der Waals surface area contributed by atoms with Crippen LogP contribution in [0.1, 0.15) is 39.0 Å². The van der Waals surface area contributed by atoms with Crippen LogP contribution >= 0.6 is 0 Å². The van der Waals surface area contributed by atoms with E-state index in [-0.39, 0.29) is 5.57 Å². The van der Waals surface area contributed by atoms with Gasteiger partial charge in [-0.25, -0.2) is 8.78 Å². The summed E-state index contributed by atoms with van der Waals surface area (Å²) in [5, 5.41) is 3.47. The van der Waals surface area contributed by atoms with Crippen molar-refractivity contribution in [1.82, 2.24) is 10.2 Å². The van der Waals surface area contributed by atoms with Crippen molar-refractivity contribution in [3.63, 3.8) is 0 Å². The highest BCUT2D eigenvalue weighted by Crippen LogP contribution is 2.23. The molecule has 0 aromatic carbocycles. The molecule has 0 atom stereocenters. The van der Waals surface area contributed by atoms with Crippen LogP contribution in [0.15, 0.2) is 48.1 Å². The van der Waals surface area contributed by atoms with E-state index in [0.29, 0.717) is 11.7 Å². The molecule has 0 saturated heterocycles. The first-order chi connectivity index (χ1) is 9.58. The largest absolute Gasteiger partial charge is 0.368 e. The van der Waals surface area contributed by atoms with Gasteiger partial charge in [0.15, 0.2) is 0 Å². The third kappa shape index (κ3) is 3.71. The number of nitrogens with zero attached hydrogens (tertiary/aromatic N) is 1. The van der Waals surface area contributed by atoms with Gasteiger partial charge in [0.05, 0.1) is 0 Å². The fourth-order valence-electron chi connectivity index (χ4n) is 2.55. The quantitative estimate of drug-likeness (QED) is 0.825. The Morgan fingerprint density at radius 2 is 2.10 bits per heavy atom. The Labute approximate surface area is 119 Å². The van der Waals surface area contributed by atoms with E-state index >= 15 is 0 Å². The zero-order chi connectivity index (χ0) is 14.5. The molecule has 0 bridgehead atoms. The molecule has 1 fully saturated rings. The molecule has 1 aliphatic heterocycles. The van der Waals surface area contributed by atoms with E-state index in [2.05, 4.69) is 11.9 Å². The van der Waals surface area contributed by atoms with Crippen molar-refractivity contribution in [2.24, 2.45) is 0 Å². The fourth-order valence-corrected chi connectivity index (χ4v) is 2.55. The molecule has 2 nitrogen and oxygen atoms in total. The topological polar surface area (TPSA) is 15.3 Å². The molecule has 4 heteroatoms. The van der Waals surface area contributed by atoms with E-state index in [1.165, 1.54) is 32.4 Å². The van der Waals surface area contributed by atoms with Crippen molar-refractivity contribution in [2.75, 3.05) is 0 Å². The maximum Gasteiger partial charge on any atom is 0.261 e. The summed E-state index contributed by atoms with van der Waals surface area (Å²) in [5.41, 5.74) is 0.739. The van der Waals surface area contributed by atoms with Crippen LogP contribution in [0.3, 0.4) is 0 Å². The van der Waals surface area contributed by atoms with Crippen LogP contribution in [-0.4, -0.2) is 17.4 Å². The number of hydrogen-bond donors (Lipinski definition) is 1. The monoisotopic (exact) mass is 280 g/mol. The van der Waals surface area contributed by atoms with Crippen molar-refractivity contribution >= 4 is 0 Å². The first kappa shape index (κ1) is 14.8. The van der Waals surface area contributed by atoms with Gasteiger partial charge in [-0.2, -0.15) is 0 Å². The number of nitrogens with one attached hydrogen (secondary N) is 1. The normalized spacial score (nSPS) is 21.4. The van der Waals surface area contributed by atoms with Gasteiger partial charge in [0.25, 0.3) is 6.43 Å². The number of rotatable bonds is 4. The summed E-state index contributed by atoms with van der Waals surface area (Å²) < 4.78 is 25.4. The average molecular weight is 280 g/mol. The molecule has 110 valence electrons. The number of halogens is 2. The lowest BCUT2D eigenvalue weighted by Gasteiger charge is -2.32.